The molecule has 3 N–H and O–H groups in total. The number of aromatic amines is 1. The van der Waals surface area contributed by atoms with E-state index in [2.05, 4.69) is 9.97 Å². The van der Waals surface area contributed by atoms with Crippen LogP contribution in [0.1, 0.15) is 58.1 Å². The Morgan fingerprint density at radius 2 is 2.00 bits per heavy atom. The van der Waals surface area contributed by atoms with E-state index < -0.39 is 17.0 Å². The average molecular weight is 403 g/mol. The fraction of sp³-hybridized carbons (Fsp3) is 0.227. The number of carbonyl (C=O) groups excluding carboxylic acids is 1. The van der Waals surface area contributed by atoms with E-state index in [-0.39, 0.29) is 35.1 Å². The molecule has 1 aromatic carbocycles. The quantitative estimate of drug-likeness (QED) is 0.626. The monoisotopic (exact) mass is 403 g/mol. The topological polar surface area (TPSA) is 135 Å². The number of pyridine rings is 1. The predicted molar refractivity (Wildman–Crippen MR) is 112 cm³/mol. The molecule has 8 nitrogen and oxygen atoms in total. The molecule has 3 aromatic rings. The highest BCUT2D eigenvalue weighted by Gasteiger charge is 2.25. The van der Waals surface area contributed by atoms with Crippen molar-refractivity contribution in [3.05, 3.63) is 90.9 Å². The number of nitrogens with one attached hydrogen (secondary N) is 1. The van der Waals surface area contributed by atoms with E-state index in [1.807, 2.05) is 6.07 Å². The molecule has 8 heteroatoms. The molecule has 0 saturated heterocycles. The van der Waals surface area contributed by atoms with Crippen LogP contribution < -0.4 is 17.0 Å². The van der Waals surface area contributed by atoms with Crippen molar-refractivity contribution in [3.63, 3.8) is 0 Å². The molecule has 2 heterocycles. The molecule has 0 aliphatic carbocycles. The number of rotatable bonds is 5. The summed E-state index contributed by atoms with van der Waals surface area (Å²) in [6, 6.07) is 10.1. The van der Waals surface area contributed by atoms with Crippen LogP contribution in [0.5, 0.6) is 0 Å². The van der Waals surface area contributed by atoms with Crippen LogP contribution in [-0.2, 0) is 6.54 Å². The number of H-pyrrole nitrogens is 1. The average Bonchev–Trinajstić information content (AvgIpc) is 2.68. The molecule has 0 aliphatic heterocycles. The van der Waals surface area contributed by atoms with Gasteiger partial charge in [-0.2, -0.15) is 5.26 Å². The Morgan fingerprint density at radius 1 is 1.27 bits per heavy atom. The summed E-state index contributed by atoms with van der Waals surface area (Å²) >= 11 is 0. The summed E-state index contributed by atoms with van der Waals surface area (Å²) in [7, 11) is 0. The van der Waals surface area contributed by atoms with Gasteiger partial charge in [0.25, 0.3) is 5.56 Å². The summed E-state index contributed by atoms with van der Waals surface area (Å²) in [5, 5.41) is 9.26. The number of carbonyl (C=O) groups is 1. The van der Waals surface area contributed by atoms with Crippen molar-refractivity contribution in [1.82, 2.24) is 14.5 Å². The van der Waals surface area contributed by atoms with Gasteiger partial charge in [0.15, 0.2) is 0 Å². The fourth-order valence-corrected chi connectivity index (χ4v) is 3.41. The van der Waals surface area contributed by atoms with Crippen LogP contribution in [0.25, 0.3) is 0 Å². The number of aryl methyl sites for hydroxylation is 1. The number of nitrogens with zero attached hydrogens (tertiary/aromatic N) is 3. The van der Waals surface area contributed by atoms with Crippen LogP contribution in [0.4, 0.5) is 5.82 Å². The summed E-state index contributed by atoms with van der Waals surface area (Å²) in [6.45, 7) is 5.35. The molecule has 0 fully saturated rings. The Kier molecular flexibility index (Phi) is 5.65. The predicted octanol–water partition coefficient (Wildman–Crippen LogP) is 2.10. The first-order valence-electron chi connectivity index (χ1n) is 9.35. The maximum Gasteiger partial charge on any atom is 0.329 e. The van der Waals surface area contributed by atoms with Gasteiger partial charge in [0, 0.05) is 17.3 Å². The molecule has 152 valence electrons. The number of nitrogens with two attached hydrogens (primary N) is 1. The Bertz CT molecular complexity index is 1300. The van der Waals surface area contributed by atoms with Crippen LogP contribution in [0.2, 0.25) is 0 Å². The van der Waals surface area contributed by atoms with Crippen molar-refractivity contribution in [3.8, 4) is 6.07 Å². The summed E-state index contributed by atoms with van der Waals surface area (Å²) in [5.41, 5.74) is 6.59. The Hall–Kier alpha value is -3.99. The van der Waals surface area contributed by atoms with Crippen LogP contribution >= 0.6 is 0 Å². The minimum Gasteiger partial charge on any atom is -0.384 e. The molecule has 0 spiro atoms. The maximum atomic E-state index is 13.5. The lowest BCUT2D eigenvalue weighted by atomic mass is 9.95. The molecule has 0 bridgehead atoms. The second-order valence-corrected chi connectivity index (χ2v) is 7.38. The zero-order valence-electron chi connectivity index (χ0n) is 16.9. The van der Waals surface area contributed by atoms with Gasteiger partial charge >= 0.3 is 5.69 Å². The second-order valence-electron chi connectivity index (χ2n) is 7.38. The number of nitrogen functional groups attached to an aromatic ring is 1. The molecule has 0 atom stereocenters. The highest BCUT2D eigenvalue weighted by atomic mass is 16.2. The molecule has 0 aliphatic rings. The molecule has 2 aromatic heterocycles. The summed E-state index contributed by atoms with van der Waals surface area (Å²) in [4.78, 5) is 45.0. The van der Waals surface area contributed by atoms with Gasteiger partial charge in [0.1, 0.15) is 11.5 Å². The van der Waals surface area contributed by atoms with E-state index in [9.17, 15) is 19.6 Å². The van der Waals surface area contributed by atoms with Gasteiger partial charge in [-0.15, -0.1) is 0 Å². The SMILES string of the molecule is Cc1cc(C#N)cc(C(=O)c2c(C(C)C)c(=O)[nH]c(=O)n2Cc2ccnc(N)c2)c1. The molecule has 0 radical (unpaired) electrons. The standard InChI is InChI=1S/C22H21N5O3/c1-12(2)18-19(20(28)16-7-13(3)6-15(8-16)10-23)27(22(30)26-21(18)29)11-14-4-5-25-17(24)9-14/h4-9,12H,11H2,1-3H3,(H2,24,25)(H,26,29,30). The Balaban J connectivity index is 2.29. The normalized spacial score (nSPS) is 10.8. The second kappa shape index (κ2) is 8.17. The molecule has 0 unspecified atom stereocenters. The highest BCUT2D eigenvalue weighted by Crippen LogP contribution is 2.20. The van der Waals surface area contributed by atoms with Crippen LogP contribution in [0.3, 0.4) is 0 Å². The van der Waals surface area contributed by atoms with E-state index in [0.29, 0.717) is 11.1 Å². The van der Waals surface area contributed by atoms with Gasteiger partial charge in [0.05, 0.1) is 18.2 Å². The first-order valence-corrected chi connectivity index (χ1v) is 9.35. The number of hydrogen-bond acceptors (Lipinski definition) is 6. The van der Waals surface area contributed by atoms with Crippen LogP contribution in [-0.4, -0.2) is 20.3 Å². The van der Waals surface area contributed by atoms with Crippen LogP contribution in [0, 0.1) is 18.3 Å². The van der Waals surface area contributed by atoms with Crippen LogP contribution in [0.15, 0.2) is 46.1 Å². The van der Waals surface area contributed by atoms with Gasteiger partial charge in [-0.05, 0) is 54.3 Å². The van der Waals surface area contributed by atoms with Gasteiger partial charge < -0.3 is 5.73 Å². The van der Waals surface area contributed by atoms with Crippen molar-refractivity contribution in [1.29, 1.82) is 5.26 Å². The molecular weight excluding hydrogens is 382 g/mol. The van der Waals surface area contributed by atoms with E-state index in [0.717, 1.165) is 5.56 Å². The van der Waals surface area contributed by atoms with E-state index in [1.165, 1.54) is 16.8 Å². The molecule has 0 saturated carbocycles. The number of benzene rings is 1. The number of aromatic nitrogens is 3. The van der Waals surface area contributed by atoms with E-state index in [4.69, 9.17) is 5.73 Å². The third-order valence-electron chi connectivity index (χ3n) is 4.68. The third-order valence-corrected chi connectivity index (χ3v) is 4.68. The molecule has 30 heavy (non-hydrogen) atoms. The number of nitriles is 1. The Morgan fingerprint density at radius 3 is 2.63 bits per heavy atom. The van der Waals surface area contributed by atoms with Crippen molar-refractivity contribution in [2.75, 3.05) is 5.73 Å². The third kappa shape index (κ3) is 4.05. The van der Waals surface area contributed by atoms with Gasteiger partial charge in [-0.1, -0.05) is 13.8 Å². The first-order chi connectivity index (χ1) is 14.2. The van der Waals surface area contributed by atoms with Gasteiger partial charge in [0.2, 0.25) is 5.78 Å². The minimum absolute atomic E-state index is 0.00336. The van der Waals surface area contributed by atoms with E-state index >= 15 is 0 Å². The van der Waals surface area contributed by atoms with Gasteiger partial charge in [-0.25, -0.2) is 9.78 Å². The van der Waals surface area contributed by atoms with Crippen molar-refractivity contribution >= 4 is 11.6 Å². The molecule has 0 amide bonds. The molecule has 3 rings (SSSR count). The van der Waals surface area contributed by atoms with E-state index in [1.54, 1.807) is 45.0 Å². The lowest BCUT2D eigenvalue weighted by molar-refractivity contribution is 0.102. The lowest BCUT2D eigenvalue weighted by Crippen LogP contribution is -2.38. The summed E-state index contributed by atoms with van der Waals surface area (Å²) < 4.78 is 1.24. The highest BCUT2D eigenvalue weighted by molar-refractivity contribution is 6.09. The van der Waals surface area contributed by atoms with Crippen molar-refractivity contribution in [2.45, 2.75) is 33.2 Å². The minimum atomic E-state index is -0.698. The Labute approximate surface area is 172 Å². The van der Waals surface area contributed by atoms with Gasteiger partial charge in [-0.3, -0.25) is 19.1 Å². The largest absolute Gasteiger partial charge is 0.384 e. The van der Waals surface area contributed by atoms with Crippen molar-refractivity contribution < 1.29 is 4.79 Å². The maximum absolute atomic E-state index is 13.5. The number of anilines is 1. The number of hydrogen-bond donors (Lipinski definition) is 2. The summed E-state index contributed by atoms with van der Waals surface area (Å²) in [5.74, 6) is -0.536. The molecular formula is C22H21N5O3. The number of ketones is 1. The smallest absolute Gasteiger partial charge is 0.329 e. The van der Waals surface area contributed by atoms with Crippen molar-refractivity contribution in [2.24, 2.45) is 0 Å². The fourth-order valence-electron chi connectivity index (χ4n) is 3.41. The first kappa shape index (κ1) is 20.7. The lowest BCUT2D eigenvalue weighted by Gasteiger charge is -2.18. The summed E-state index contributed by atoms with van der Waals surface area (Å²) in [6.07, 6.45) is 1.51. The zero-order valence-corrected chi connectivity index (χ0v) is 16.9. The zero-order chi connectivity index (χ0) is 22.0.